The third-order valence-electron chi connectivity index (χ3n) is 10.5. The molecule has 1 saturated carbocycles. The van der Waals surface area contributed by atoms with Crippen molar-refractivity contribution in [1.82, 2.24) is 25.2 Å². The van der Waals surface area contributed by atoms with Gasteiger partial charge in [0.15, 0.2) is 0 Å². The molecule has 47 heavy (non-hydrogen) atoms. The number of anilines is 2. The van der Waals surface area contributed by atoms with Crippen molar-refractivity contribution in [3.63, 3.8) is 0 Å². The van der Waals surface area contributed by atoms with Crippen molar-refractivity contribution >= 4 is 23.5 Å². The van der Waals surface area contributed by atoms with Crippen LogP contribution >= 0.6 is 0 Å². The van der Waals surface area contributed by atoms with E-state index in [0.29, 0.717) is 43.6 Å². The molecule has 0 bridgehead atoms. The number of pyridine rings is 1. The molecule has 260 valence electrons. The van der Waals surface area contributed by atoms with Crippen LogP contribution in [-0.4, -0.2) is 108 Å². The molecule has 2 spiro atoms. The number of aromatic nitrogens is 1. The number of hydrogen-bond acceptors (Lipinski definition) is 8. The van der Waals surface area contributed by atoms with E-state index in [2.05, 4.69) is 43.6 Å². The number of morpholine rings is 1. The van der Waals surface area contributed by atoms with Gasteiger partial charge in [-0.1, -0.05) is 46.4 Å². The fourth-order valence-corrected chi connectivity index (χ4v) is 7.74. The number of piperazine rings is 1. The molecule has 5 fully saturated rings. The monoisotopic (exact) mass is 655 g/mol. The third kappa shape index (κ3) is 6.55. The van der Waals surface area contributed by atoms with Gasteiger partial charge in [0.25, 0.3) is 6.43 Å². The summed E-state index contributed by atoms with van der Waals surface area (Å²) in [5, 5.41) is 2.41. The Bertz CT molecular complexity index is 1340. The van der Waals surface area contributed by atoms with Crippen LogP contribution in [0.25, 0.3) is 6.08 Å². The largest absolute Gasteiger partial charge is 0.368 e. The summed E-state index contributed by atoms with van der Waals surface area (Å²) in [6.07, 6.45) is 6.20. The van der Waals surface area contributed by atoms with Gasteiger partial charge in [-0.3, -0.25) is 9.69 Å². The molecule has 1 aliphatic carbocycles. The number of fused-ring (bicyclic) bond motifs is 3. The Labute approximate surface area is 280 Å². The van der Waals surface area contributed by atoms with Crippen LogP contribution in [0.1, 0.15) is 84.9 Å². The molecule has 0 radical (unpaired) electrons. The van der Waals surface area contributed by atoms with Crippen molar-refractivity contribution in [3.8, 4) is 0 Å². The Kier molecular flexibility index (Phi) is 11.0. The van der Waals surface area contributed by atoms with Crippen molar-refractivity contribution in [1.29, 1.82) is 0 Å². The fraction of sp³-hybridized carbons (Fsp3) is 0.667. The molecule has 0 unspecified atom stereocenters. The summed E-state index contributed by atoms with van der Waals surface area (Å²) in [6, 6.07) is 2.35. The second-order valence-electron chi connectivity index (χ2n) is 13.0. The van der Waals surface area contributed by atoms with Gasteiger partial charge in [-0.15, -0.1) is 0 Å². The molecular formula is C36H55F2N7O2. The number of amides is 1. The molecule has 0 aromatic carbocycles. The van der Waals surface area contributed by atoms with Crippen LogP contribution < -0.4 is 15.2 Å². The second-order valence-corrected chi connectivity index (χ2v) is 13.0. The third-order valence-corrected chi connectivity index (χ3v) is 10.5. The number of ether oxygens (including phenoxy) is 1. The van der Waals surface area contributed by atoms with Crippen molar-refractivity contribution in [2.24, 2.45) is 0 Å². The summed E-state index contributed by atoms with van der Waals surface area (Å²) < 4.78 is 35.7. The first-order chi connectivity index (χ1) is 22.8. The molecule has 6 aliphatic rings. The van der Waals surface area contributed by atoms with Crippen molar-refractivity contribution in [2.45, 2.75) is 90.8 Å². The number of nitrogens with one attached hydrogen (secondary N) is 1. The molecule has 1 aromatic rings. The Morgan fingerprint density at radius 3 is 2.28 bits per heavy atom. The number of carbonyl (C=O) groups excluding carboxylic acids is 1. The molecule has 11 heteroatoms. The summed E-state index contributed by atoms with van der Waals surface area (Å²) >= 11 is 0. The average molecular weight is 656 g/mol. The van der Waals surface area contributed by atoms with E-state index >= 15 is 0 Å². The van der Waals surface area contributed by atoms with Crippen molar-refractivity contribution in [2.75, 3.05) is 75.3 Å². The lowest BCUT2D eigenvalue weighted by atomic mass is 9.83. The minimum absolute atomic E-state index is 0.0238. The van der Waals surface area contributed by atoms with Gasteiger partial charge in [-0.05, 0) is 51.2 Å². The summed E-state index contributed by atoms with van der Waals surface area (Å²) in [5.74, 6) is 0.597. The number of hydrazine groups is 1. The van der Waals surface area contributed by atoms with E-state index in [1.54, 1.807) is 6.08 Å². The van der Waals surface area contributed by atoms with Gasteiger partial charge in [0.1, 0.15) is 17.1 Å². The summed E-state index contributed by atoms with van der Waals surface area (Å²) in [4.78, 5) is 25.2. The van der Waals surface area contributed by atoms with E-state index in [1.807, 2.05) is 51.7 Å². The highest BCUT2D eigenvalue weighted by molar-refractivity contribution is 5.87. The molecule has 1 aromatic heterocycles. The minimum Gasteiger partial charge on any atom is -0.368 e. The number of piperidine rings is 1. The van der Waals surface area contributed by atoms with Crippen LogP contribution in [0.4, 0.5) is 20.3 Å². The smallest absolute Gasteiger partial charge is 0.281 e. The topological polar surface area (TPSA) is 67.4 Å². The lowest BCUT2D eigenvalue weighted by molar-refractivity contribution is -0.128. The predicted octanol–water partition coefficient (Wildman–Crippen LogP) is 5.62. The van der Waals surface area contributed by atoms with Crippen molar-refractivity contribution < 1.29 is 18.3 Å². The number of hydrogen-bond donors (Lipinski definition) is 1. The molecule has 9 nitrogen and oxygen atoms in total. The zero-order chi connectivity index (χ0) is 33.9. The Morgan fingerprint density at radius 2 is 1.70 bits per heavy atom. The Hall–Kier alpha value is -3.02. The zero-order valence-electron chi connectivity index (χ0n) is 29.3. The van der Waals surface area contributed by atoms with Crippen LogP contribution in [0, 0.1) is 0 Å². The highest BCUT2D eigenvalue weighted by Gasteiger charge is 2.60. The predicted molar refractivity (Wildman–Crippen MR) is 186 cm³/mol. The average Bonchev–Trinajstić information content (AvgIpc) is 3.76. The number of rotatable bonds is 6. The van der Waals surface area contributed by atoms with E-state index in [9.17, 15) is 13.6 Å². The molecule has 1 N–H and O–H groups in total. The van der Waals surface area contributed by atoms with E-state index in [-0.39, 0.29) is 22.7 Å². The number of nitrogens with zero attached hydrogens (tertiary/aromatic N) is 6. The first kappa shape index (κ1) is 35.3. The van der Waals surface area contributed by atoms with Gasteiger partial charge in [-0.25, -0.2) is 19.2 Å². The zero-order valence-corrected chi connectivity index (χ0v) is 29.3. The number of allylic oxidation sites excluding steroid dienone is 1. The maximum Gasteiger partial charge on any atom is 0.281 e. The van der Waals surface area contributed by atoms with Crippen LogP contribution in [0.5, 0.6) is 0 Å². The fourth-order valence-electron chi connectivity index (χ4n) is 7.74. The van der Waals surface area contributed by atoms with E-state index in [0.717, 1.165) is 70.7 Å². The maximum absolute atomic E-state index is 14.5. The van der Waals surface area contributed by atoms with Gasteiger partial charge < -0.3 is 24.4 Å². The van der Waals surface area contributed by atoms with E-state index in [1.165, 1.54) is 17.3 Å². The van der Waals surface area contributed by atoms with Crippen LogP contribution in [0.2, 0.25) is 0 Å². The number of alkyl halides is 2. The number of carbonyl (C=O) groups is 1. The molecule has 4 saturated heterocycles. The maximum atomic E-state index is 14.5. The van der Waals surface area contributed by atoms with Gasteiger partial charge in [0, 0.05) is 82.3 Å². The second kappa shape index (κ2) is 14.6. The molecule has 0 atom stereocenters. The molecule has 6 heterocycles. The molecule has 7 rings (SSSR count). The van der Waals surface area contributed by atoms with Crippen molar-refractivity contribution in [3.05, 3.63) is 47.3 Å². The summed E-state index contributed by atoms with van der Waals surface area (Å²) in [7, 11) is 0. The van der Waals surface area contributed by atoms with Gasteiger partial charge in [-0.2, -0.15) is 0 Å². The number of halogens is 2. The lowest BCUT2D eigenvalue weighted by Gasteiger charge is -2.52. The van der Waals surface area contributed by atoms with E-state index < -0.39 is 6.43 Å². The normalized spacial score (nSPS) is 23.4. The van der Waals surface area contributed by atoms with Gasteiger partial charge >= 0.3 is 0 Å². The summed E-state index contributed by atoms with van der Waals surface area (Å²) in [6.45, 7) is 23.2. The highest BCUT2D eigenvalue weighted by Crippen LogP contribution is 2.54. The molecule has 1 amide bonds. The standard InChI is InChI=1S/C32H43F2N7O2.2C2H6/c1-4-6-24-25(40-19-23(20-40)37-13-15-39(16-14-37)27(42)5-2)17-26(36-28(24)30(33)34)38-11-9-32(10-12-38)29-22(3)18-35-41(29)31(7-8-31)21-43-32;2*1-2/h4-6,17,23,30,35H,2,7-16,18-21H2,1,3H3;2*1-2H3/b6-4-;;. The minimum atomic E-state index is -2.67. The lowest BCUT2D eigenvalue weighted by Crippen LogP contribution is -2.63. The summed E-state index contributed by atoms with van der Waals surface area (Å²) in [5.41, 5.74) is 7.23. The quantitative estimate of drug-likeness (QED) is 0.397. The first-order valence-electron chi connectivity index (χ1n) is 17.8. The molecular weight excluding hydrogens is 600 g/mol. The van der Waals surface area contributed by atoms with Gasteiger partial charge in [0.2, 0.25) is 5.91 Å². The van der Waals surface area contributed by atoms with Crippen LogP contribution in [0.3, 0.4) is 0 Å². The Morgan fingerprint density at radius 1 is 1.04 bits per heavy atom. The molecule has 5 aliphatic heterocycles. The SMILES string of the molecule is C=CC(=O)N1CCN(C2CN(c3cc(N4CCC5(CC4)OCC4(CC4)N4NCC(C)=C45)nc(C(F)F)c3/C=C\C)C2)CC1.CC.CC. The van der Waals surface area contributed by atoms with Crippen LogP contribution in [-0.2, 0) is 9.53 Å². The Balaban J connectivity index is 0.00000105. The highest BCUT2D eigenvalue weighted by atomic mass is 19.3. The van der Waals surface area contributed by atoms with E-state index in [4.69, 9.17) is 4.74 Å². The van der Waals surface area contributed by atoms with Gasteiger partial charge in [0.05, 0.1) is 17.8 Å². The first-order valence-corrected chi connectivity index (χ1v) is 17.8. The van der Waals surface area contributed by atoms with Crippen LogP contribution in [0.15, 0.2) is 36.1 Å².